The number of carbonyl (C=O) groups is 4. The van der Waals surface area contributed by atoms with Crippen LogP contribution in [0.15, 0.2) is 66.7 Å². The maximum absolute atomic E-state index is 13.9. The summed E-state index contributed by atoms with van der Waals surface area (Å²) < 4.78 is 5.29. The zero-order chi connectivity index (χ0) is 28.7. The Labute approximate surface area is 228 Å². The molecule has 0 aliphatic rings. The number of ether oxygens (including phenoxy) is 1. The van der Waals surface area contributed by atoms with E-state index in [0.29, 0.717) is 11.3 Å². The zero-order valence-electron chi connectivity index (χ0n) is 23.0. The Morgan fingerprint density at radius 2 is 1.59 bits per heavy atom. The van der Waals surface area contributed by atoms with Crippen molar-refractivity contribution in [3.8, 4) is 0 Å². The molecule has 0 bridgehead atoms. The van der Waals surface area contributed by atoms with E-state index in [9.17, 15) is 19.2 Å². The fraction of sp³-hybridized carbons (Fsp3) is 0.333. The highest BCUT2D eigenvalue weighted by molar-refractivity contribution is 6.01. The van der Waals surface area contributed by atoms with E-state index in [4.69, 9.17) is 10.5 Å². The van der Waals surface area contributed by atoms with Gasteiger partial charge in [-0.1, -0.05) is 54.6 Å². The summed E-state index contributed by atoms with van der Waals surface area (Å²) in [5.74, 6) is -1.86. The molecule has 0 aromatic heterocycles. The first-order chi connectivity index (χ1) is 18.4. The largest absolute Gasteiger partial charge is 0.444 e. The molecule has 0 aliphatic carbocycles. The van der Waals surface area contributed by atoms with Gasteiger partial charge in [0.05, 0.1) is 6.42 Å². The summed E-state index contributed by atoms with van der Waals surface area (Å²) in [6.45, 7) is 8.74. The van der Waals surface area contributed by atoms with Gasteiger partial charge in [-0.05, 0) is 68.7 Å². The number of anilines is 1. The molecular formula is C30H36N4O5. The molecule has 206 valence electrons. The van der Waals surface area contributed by atoms with Crippen molar-refractivity contribution in [2.75, 3.05) is 11.9 Å². The third-order valence-electron chi connectivity index (χ3n) is 6.08. The fourth-order valence-electron chi connectivity index (χ4n) is 4.34. The van der Waals surface area contributed by atoms with Crippen molar-refractivity contribution in [1.29, 1.82) is 0 Å². The Balaban J connectivity index is 1.98. The number of fused-ring (bicyclic) bond motifs is 1. The molecule has 2 atom stereocenters. The predicted molar refractivity (Wildman–Crippen MR) is 151 cm³/mol. The van der Waals surface area contributed by atoms with E-state index in [-0.39, 0.29) is 6.54 Å². The summed E-state index contributed by atoms with van der Waals surface area (Å²) in [6.07, 6.45) is -1.33. The van der Waals surface area contributed by atoms with Gasteiger partial charge in [-0.25, -0.2) is 4.79 Å². The number of nitrogens with zero attached hydrogens (tertiary/aromatic N) is 1. The molecule has 0 fully saturated rings. The molecular weight excluding hydrogens is 496 g/mol. The second-order valence-electron chi connectivity index (χ2n) is 10.3. The Bertz CT molecular complexity index is 1360. The number of nitrogens with one attached hydrogen (secondary N) is 2. The number of aryl methyl sites for hydroxylation is 1. The van der Waals surface area contributed by atoms with Crippen molar-refractivity contribution >= 4 is 40.3 Å². The summed E-state index contributed by atoms with van der Waals surface area (Å²) in [6, 6.07) is 18.2. The minimum absolute atomic E-state index is 0.119. The van der Waals surface area contributed by atoms with Crippen LogP contribution in [0.1, 0.15) is 51.3 Å². The molecule has 9 heteroatoms. The molecule has 0 saturated heterocycles. The normalized spacial score (nSPS) is 12.7. The summed E-state index contributed by atoms with van der Waals surface area (Å²) in [5, 5.41) is 7.39. The summed E-state index contributed by atoms with van der Waals surface area (Å²) in [4.78, 5) is 53.4. The number of benzene rings is 3. The number of rotatable bonds is 9. The number of primary amides is 1. The topological polar surface area (TPSA) is 131 Å². The van der Waals surface area contributed by atoms with Crippen LogP contribution in [0.2, 0.25) is 0 Å². The van der Waals surface area contributed by atoms with Gasteiger partial charge < -0.3 is 26.0 Å². The molecule has 0 saturated carbocycles. The molecule has 4 N–H and O–H groups in total. The van der Waals surface area contributed by atoms with Crippen LogP contribution in [-0.4, -0.2) is 46.9 Å². The van der Waals surface area contributed by atoms with Crippen molar-refractivity contribution in [3.05, 3.63) is 77.9 Å². The minimum atomic E-state index is -1.32. The van der Waals surface area contributed by atoms with E-state index in [1.54, 1.807) is 45.9 Å². The van der Waals surface area contributed by atoms with Gasteiger partial charge in [0.2, 0.25) is 11.8 Å². The van der Waals surface area contributed by atoms with Crippen LogP contribution < -0.4 is 16.4 Å². The van der Waals surface area contributed by atoms with Crippen LogP contribution in [-0.2, 0) is 19.1 Å². The van der Waals surface area contributed by atoms with E-state index < -0.39 is 47.9 Å². The molecule has 0 heterocycles. The second-order valence-corrected chi connectivity index (χ2v) is 10.3. The lowest BCUT2D eigenvalue weighted by Gasteiger charge is -2.34. The Hall–Kier alpha value is -4.40. The summed E-state index contributed by atoms with van der Waals surface area (Å²) in [5.41, 5.74) is 6.57. The molecule has 2 unspecified atom stereocenters. The van der Waals surface area contributed by atoms with E-state index in [0.717, 1.165) is 16.3 Å². The van der Waals surface area contributed by atoms with Crippen LogP contribution in [0.4, 0.5) is 10.5 Å². The quantitative estimate of drug-likeness (QED) is 0.375. The Kier molecular flexibility index (Phi) is 9.29. The monoisotopic (exact) mass is 532 g/mol. The van der Waals surface area contributed by atoms with Gasteiger partial charge in [0.1, 0.15) is 17.7 Å². The SMILES string of the molecule is CCN(C(=O)C(CC(N)=O)NC(=O)OC(C)(C)C)C(C(=O)Nc1ccc2ccccc2c1)c1ccccc1C. The maximum Gasteiger partial charge on any atom is 0.408 e. The predicted octanol–water partition coefficient (Wildman–Crippen LogP) is 4.45. The van der Waals surface area contributed by atoms with Gasteiger partial charge in [-0.15, -0.1) is 0 Å². The van der Waals surface area contributed by atoms with Crippen molar-refractivity contribution in [3.63, 3.8) is 0 Å². The first-order valence-electron chi connectivity index (χ1n) is 12.8. The molecule has 0 spiro atoms. The van der Waals surface area contributed by atoms with Crippen molar-refractivity contribution < 1.29 is 23.9 Å². The lowest BCUT2D eigenvalue weighted by Crippen LogP contribution is -2.53. The van der Waals surface area contributed by atoms with Crippen molar-refractivity contribution in [1.82, 2.24) is 10.2 Å². The van der Waals surface area contributed by atoms with Gasteiger partial charge in [0, 0.05) is 12.2 Å². The van der Waals surface area contributed by atoms with Crippen molar-refractivity contribution in [2.45, 2.75) is 58.7 Å². The lowest BCUT2D eigenvalue weighted by atomic mass is 9.97. The highest BCUT2D eigenvalue weighted by Gasteiger charge is 2.36. The first kappa shape index (κ1) is 29.2. The minimum Gasteiger partial charge on any atom is -0.444 e. The maximum atomic E-state index is 13.9. The van der Waals surface area contributed by atoms with Crippen molar-refractivity contribution in [2.24, 2.45) is 5.73 Å². The van der Waals surface area contributed by atoms with E-state index in [1.165, 1.54) is 4.90 Å². The van der Waals surface area contributed by atoms with Crippen LogP contribution in [0.3, 0.4) is 0 Å². The molecule has 0 radical (unpaired) electrons. The van der Waals surface area contributed by atoms with E-state index in [1.807, 2.05) is 55.5 Å². The number of nitrogens with two attached hydrogens (primary N) is 1. The Morgan fingerprint density at radius 1 is 0.949 bits per heavy atom. The zero-order valence-corrected chi connectivity index (χ0v) is 23.0. The van der Waals surface area contributed by atoms with Gasteiger partial charge in [0.25, 0.3) is 5.91 Å². The lowest BCUT2D eigenvalue weighted by molar-refractivity contribution is -0.141. The van der Waals surface area contributed by atoms with Gasteiger partial charge in [0.15, 0.2) is 0 Å². The van der Waals surface area contributed by atoms with E-state index in [2.05, 4.69) is 10.6 Å². The number of likely N-dealkylation sites (N-methyl/N-ethyl adjacent to an activating group) is 1. The number of alkyl carbamates (subject to hydrolysis) is 1. The smallest absolute Gasteiger partial charge is 0.408 e. The third-order valence-corrected chi connectivity index (χ3v) is 6.08. The van der Waals surface area contributed by atoms with Gasteiger partial charge >= 0.3 is 6.09 Å². The second kappa shape index (κ2) is 12.4. The number of hydrogen-bond donors (Lipinski definition) is 3. The number of carbonyl (C=O) groups excluding carboxylic acids is 4. The first-order valence-corrected chi connectivity index (χ1v) is 12.8. The van der Waals surface area contributed by atoms with Crippen LogP contribution >= 0.6 is 0 Å². The van der Waals surface area contributed by atoms with Gasteiger partial charge in [-0.2, -0.15) is 0 Å². The molecule has 3 aromatic carbocycles. The number of hydrogen-bond acceptors (Lipinski definition) is 5. The molecule has 39 heavy (non-hydrogen) atoms. The standard InChI is InChI=1S/C30H36N4O5/c1-6-34(28(37)24(18-25(31)35)33-29(38)39-30(3,4)5)26(23-14-10-7-11-19(23)2)27(36)32-22-16-15-20-12-8-9-13-21(20)17-22/h7-17,24,26H,6,18H2,1-5H3,(H2,31,35)(H,32,36)(H,33,38). The van der Waals surface area contributed by atoms with Crippen LogP contribution in [0.25, 0.3) is 10.8 Å². The average Bonchev–Trinajstić information content (AvgIpc) is 2.85. The molecule has 4 amide bonds. The highest BCUT2D eigenvalue weighted by atomic mass is 16.6. The summed E-state index contributed by atoms with van der Waals surface area (Å²) >= 11 is 0. The molecule has 9 nitrogen and oxygen atoms in total. The van der Waals surface area contributed by atoms with Crippen LogP contribution in [0.5, 0.6) is 0 Å². The molecule has 0 aliphatic heterocycles. The van der Waals surface area contributed by atoms with Gasteiger partial charge in [-0.3, -0.25) is 14.4 Å². The third kappa shape index (κ3) is 7.80. The Morgan fingerprint density at radius 3 is 2.21 bits per heavy atom. The van der Waals surface area contributed by atoms with Crippen LogP contribution in [0, 0.1) is 6.92 Å². The molecule has 3 aromatic rings. The fourth-order valence-corrected chi connectivity index (χ4v) is 4.34. The average molecular weight is 533 g/mol. The number of amides is 4. The van der Waals surface area contributed by atoms with E-state index >= 15 is 0 Å². The highest BCUT2D eigenvalue weighted by Crippen LogP contribution is 2.28. The molecule has 3 rings (SSSR count). The summed E-state index contributed by atoms with van der Waals surface area (Å²) in [7, 11) is 0.